The lowest BCUT2D eigenvalue weighted by Gasteiger charge is -2.48. The molecule has 1 N–H and O–H groups in total. The van der Waals surface area contributed by atoms with Crippen molar-refractivity contribution in [2.75, 3.05) is 0 Å². The fourth-order valence-corrected chi connectivity index (χ4v) is 5.84. The highest BCUT2D eigenvalue weighted by atomic mass is 127. The zero-order chi connectivity index (χ0) is 14.8. The molecule has 0 aromatic heterocycles. The second-order valence-electron chi connectivity index (χ2n) is 7.34. The summed E-state index contributed by atoms with van der Waals surface area (Å²) >= 11 is 2.23. The van der Waals surface area contributed by atoms with Crippen LogP contribution < -0.4 is 0 Å². The van der Waals surface area contributed by atoms with Crippen LogP contribution in [0.5, 0.6) is 5.75 Å². The average Bonchev–Trinajstić information content (AvgIpc) is 2.76. The summed E-state index contributed by atoms with van der Waals surface area (Å²) in [5.41, 5.74) is 2.75. The monoisotopic (exact) mass is 396 g/mol. The number of hydrogen-bond donors (Lipinski definition) is 1. The van der Waals surface area contributed by atoms with E-state index in [1.165, 1.54) is 17.5 Å². The number of phenolic OH excluding ortho intramolecular Hbond substituents is 1. The SMILES string of the molecule is C[C@]12CCC3c4cc(I)c(O)cc4CCC3C1CCC2=O. The Morgan fingerprint density at radius 3 is 2.86 bits per heavy atom. The first-order chi connectivity index (χ1) is 10.0. The van der Waals surface area contributed by atoms with Crippen LogP contribution >= 0.6 is 22.6 Å². The van der Waals surface area contributed by atoms with Gasteiger partial charge in [-0.15, -0.1) is 0 Å². The van der Waals surface area contributed by atoms with Gasteiger partial charge in [0.1, 0.15) is 11.5 Å². The summed E-state index contributed by atoms with van der Waals surface area (Å²) in [4.78, 5) is 12.3. The highest BCUT2D eigenvalue weighted by Crippen LogP contribution is 2.59. The molecule has 4 atom stereocenters. The normalized spacial score (nSPS) is 37.8. The van der Waals surface area contributed by atoms with Gasteiger partial charge in [-0.2, -0.15) is 0 Å². The molecule has 2 fully saturated rings. The molecule has 3 unspecified atom stereocenters. The molecular weight excluding hydrogens is 375 g/mol. The summed E-state index contributed by atoms with van der Waals surface area (Å²) in [5, 5.41) is 9.95. The molecule has 0 spiro atoms. The zero-order valence-electron chi connectivity index (χ0n) is 12.4. The Balaban J connectivity index is 1.75. The number of carbonyl (C=O) groups is 1. The molecule has 1 aromatic rings. The van der Waals surface area contributed by atoms with Crippen molar-refractivity contribution in [3.05, 3.63) is 26.8 Å². The number of Topliss-reactive ketones (excluding diaryl/α,β-unsaturated/α-hetero) is 1. The van der Waals surface area contributed by atoms with Crippen LogP contribution in [-0.2, 0) is 11.2 Å². The number of rotatable bonds is 0. The molecule has 2 nitrogen and oxygen atoms in total. The number of aryl methyl sites for hydroxylation is 1. The Bertz CT molecular complexity index is 624. The van der Waals surface area contributed by atoms with Crippen LogP contribution in [0.15, 0.2) is 12.1 Å². The highest BCUT2D eigenvalue weighted by Gasteiger charge is 2.54. The van der Waals surface area contributed by atoms with Gasteiger partial charge in [-0.25, -0.2) is 0 Å². The van der Waals surface area contributed by atoms with Crippen molar-refractivity contribution in [3.63, 3.8) is 0 Å². The van der Waals surface area contributed by atoms with E-state index >= 15 is 0 Å². The van der Waals surface area contributed by atoms with Gasteiger partial charge in [-0.3, -0.25) is 4.79 Å². The summed E-state index contributed by atoms with van der Waals surface area (Å²) in [6, 6.07) is 4.17. The molecule has 3 aliphatic rings. The van der Waals surface area contributed by atoms with Crippen molar-refractivity contribution in [2.24, 2.45) is 17.3 Å². The zero-order valence-corrected chi connectivity index (χ0v) is 14.5. The number of carbonyl (C=O) groups excluding carboxylic acids is 1. The van der Waals surface area contributed by atoms with E-state index in [1.807, 2.05) is 6.07 Å². The van der Waals surface area contributed by atoms with E-state index in [0.29, 0.717) is 29.3 Å². The molecular formula is C18H21IO2. The second-order valence-corrected chi connectivity index (χ2v) is 8.50. The summed E-state index contributed by atoms with van der Waals surface area (Å²) < 4.78 is 0.961. The number of benzene rings is 1. The molecule has 0 amide bonds. The first-order valence-corrected chi connectivity index (χ1v) is 9.13. The number of ketones is 1. The Labute approximate surface area is 139 Å². The van der Waals surface area contributed by atoms with Gasteiger partial charge in [-0.1, -0.05) is 6.92 Å². The van der Waals surface area contributed by atoms with Crippen LogP contribution in [0.2, 0.25) is 0 Å². The maximum Gasteiger partial charge on any atom is 0.139 e. The predicted octanol–water partition coefficient (Wildman–Crippen LogP) is 4.42. The number of hydrogen-bond acceptors (Lipinski definition) is 2. The minimum absolute atomic E-state index is 0.0389. The van der Waals surface area contributed by atoms with Crippen LogP contribution in [0.4, 0.5) is 0 Å². The van der Waals surface area contributed by atoms with Gasteiger partial charge in [0.05, 0.1) is 3.57 Å². The molecule has 3 aliphatic carbocycles. The van der Waals surface area contributed by atoms with E-state index < -0.39 is 0 Å². The number of phenols is 1. The first-order valence-electron chi connectivity index (χ1n) is 8.05. The summed E-state index contributed by atoms with van der Waals surface area (Å²) in [5.74, 6) is 2.79. The number of fused-ring (bicyclic) bond motifs is 5. The Morgan fingerprint density at radius 1 is 1.24 bits per heavy atom. The van der Waals surface area contributed by atoms with Crippen LogP contribution in [-0.4, -0.2) is 10.9 Å². The second kappa shape index (κ2) is 4.71. The quantitative estimate of drug-likeness (QED) is 0.660. The summed E-state index contributed by atoms with van der Waals surface area (Å²) in [6.07, 6.45) is 6.32. The van der Waals surface area contributed by atoms with Crippen molar-refractivity contribution in [3.8, 4) is 5.75 Å². The van der Waals surface area contributed by atoms with Crippen molar-refractivity contribution in [2.45, 2.75) is 51.4 Å². The molecule has 0 heterocycles. The van der Waals surface area contributed by atoms with Crippen molar-refractivity contribution < 1.29 is 9.90 Å². The topological polar surface area (TPSA) is 37.3 Å². The largest absolute Gasteiger partial charge is 0.507 e. The van der Waals surface area contributed by atoms with E-state index in [-0.39, 0.29) is 5.41 Å². The summed E-state index contributed by atoms with van der Waals surface area (Å²) in [6.45, 7) is 2.22. The van der Waals surface area contributed by atoms with Crippen LogP contribution in [0.3, 0.4) is 0 Å². The molecule has 0 bridgehead atoms. The van der Waals surface area contributed by atoms with E-state index in [0.717, 1.165) is 35.7 Å². The first kappa shape index (κ1) is 14.0. The van der Waals surface area contributed by atoms with Crippen LogP contribution in [0.25, 0.3) is 0 Å². The molecule has 0 aliphatic heterocycles. The Kier molecular flexibility index (Phi) is 3.15. The average molecular weight is 396 g/mol. The molecule has 112 valence electrons. The highest BCUT2D eigenvalue weighted by molar-refractivity contribution is 14.1. The maximum absolute atomic E-state index is 12.3. The predicted molar refractivity (Wildman–Crippen MR) is 90.4 cm³/mol. The number of halogens is 1. The van der Waals surface area contributed by atoms with Gasteiger partial charge in [0.25, 0.3) is 0 Å². The van der Waals surface area contributed by atoms with E-state index in [2.05, 4.69) is 35.6 Å². The minimum Gasteiger partial charge on any atom is -0.507 e. The fourth-order valence-electron chi connectivity index (χ4n) is 5.35. The summed E-state index contributed by atoms with van der Waals surface area (Å²) in [7, 11) is 0. The third kappa shape index (κ3) is 1.92. The lowest BCUT2D eigenvalue weighted by atomic mass is 9.55. The lowest BCUT2D eigenvalue weighted by molar-refractivity contribution is -0.129. The van der Waals surface area contributed by atoms with Gasteiger partial charge >= 0.3 is 0 Å². The molecule has 21 heavy (non-hydrogen) atoms. The third-order valence-corrected chi connectivity index (χ3v) is 7.37. The lowest BCUT2D eigenvalue weighted by Crippen LogP contribution is -2.42. The van der Waals surface area contributed by atoms with Crippen molar-refractivity contribution >= 4 is 28.4 Å². The Morgan fingerprint density at radius 2 is 2.05 bits per heavy atom. The molecule has 1 aromatic carbocycles. The fraction of sp³-hybridized carbons (Fsp3) is 0.611. The van der Waals surface area contributed by atoms with Gasteiger partial charge in [0.15, 0.2) is 0 Å². The molecule has 4 rings (SSSR count). The standard InChI is InChI=1S/C18H21IO2/c1-18-7-6-11-12(14(18)4-5-17(18)21)3-2-10-8-16(20)15(19)9-13(10)11/h8-9,11-12,14,20H,2-7H2,1H3/t11?,12?,14?,18-/m0/s1. The van der Waals surface area contributed by atoms with E-state index in [9.17, 15) is 9.90 Å². The van der Waals surface area contributed by atoms with Gasteiger partial charge in [0, 0.05) is 11.8 Å². The van der Waals surface area contributed by atoms with E-state index in [4.69, 9.17) is 0 Å². The third-order valence-electron chi connectivity index (χ3n) is 6.50. The van der Waals surface area contributed by atoms with Gasteiger partial charge < -0.3 is 5.11 Å². The minimum atomic E-state index is -0.0389. The van der Waals surface area contributed by atoms with Crippen LogP contribution in [0, 0.1) is 20.8 Å². The molecule has 2 saturated carbocycles. The van der Waals surface area contributed by atoms with Crippen molar-refractivity contribution in [1.82, 2.24) is 0 Å². The van der Waals surface area contributed by atoms with Crippen molar-refractivity contribution in [1.29, 1.82) is 0 Å². The van der Waals surface area contributed by atoms with Crippen LogP contribution in [0.1, 0.15) is 56.1 Å². The maximum atomic E-state index is 12.3. The Hall–Kier alpha value is -0.580. The van der Waals surface area contributed by atoms with Gasteiger partial charge in [0.2, 0.25) is 0 Å². The van der Waals surface area contributed by atoms with E-state index in [1.54, 1.807) is 0 Å². The molecule has 3 heteroatoms. The molecule has 0 radical (unpaired) electrons. The number of aromatic hydroxyl groups is 1. The molecule has 0 saturated heterocycles. The smallest absolute Gasteiger partial charge is 0.139 e. The van der Waals surface area contributed by atoms with Gasteiger partial charge in [-0.05, 0) is 95.7 Å².